The van der Waals surface area contributed by atoms with Crippen LogP contribution in [0.5, 0.6) is 11.5 Å². The maximum absolute atomic E-state index is 11.7. The molecule has 0 unspecified atom stereocenters. The van der Waals surface area contributed by atoms with Gasteiger partial charge >= 0.3 is 0 Å². The van der Waals surface area contributed by atoms with Crippen LogP contribution in [0, 0.1) is 13.8 Å². The second kappa shape index (κ2) is 20.3. The fraction of sp³-hybridized carbons (Fsp3) is 0.161. The molecule has 0 fully saturated rings. The van der Waals surface area contributed by atoms with Crippen LogP contribution in [0.1, 0.15) is 63.8 Å². The van der Waals surface area contributed by atoms with E-state index in [0.717, 1.165) is 22.3 Å². The van der Waals surface area contributed by atoms with Gasteiger partial charge in [-0.05, 0) is 144 Å². The Morgan fingerprint density at radius 3 is 0.861 bits per heavy atom. The van der Waals surface area contributed by atoms with Crippen LogP contribution in [0.4, 0.5) is 0 Å². The van der Waals surface area contributed by atoms with Crippen LogP contribution in [0.15, 0.2) is 200 Å². The lowest BCUT2D eigenvalue weighted by Gasteiger charge is -2.18. The van der Waals surface area contributed by atoms with Crippen LogP contribution in [0.2, 0.25) is 0 Å². The van der Waals surface area contributed by atoms with Crippen molar-refractivity contribution in [3.8, 4) is 11.5 Å². The quantitative estimate of drug-likeness (QED) is 0.151. The standard InChI is InChI=1S/C62H56N4O6/c1-39-29-41-35-63-47-17-9-13-21-51(47)69-55-27-25-46(62(6,7)8)34-58(55)72-54-24-16-12-20-50(54)66-38-44-32-40(2)30-42(60(44)68)36-64-48-18-10-14-22-52(48)70-56-28-26-45(61(3,4)5)33-57(56)71-53-23-15-11-19-49(53)65-37-43(31-39)59(41)67/h9-38,67-68H,1-8H3. The van der Waals surface area contributed by atoms with E-state index in [-0.39, 0.29) is 22.3 Å². The summed E-state index contributed by atoms with van der Waals surface area (Å²) in [5.41, 5.74) is 9.29. The Bertz CT molecular complexity index is 3770. The van der Waals surface area contributed by atoms with E-state index in [4.69, 9.17) is 37.6 Å². The minimum atomic E-state index is -0.205. The van der Waals surface area contributed by atoms with Gasteiger partial charge in [0.15, 0.2) is 44.7 Å². The Morgan fingerprint density at radius 1 is 0.319 bits per heavy atom. The van der Waals surface area contributed by atoms with E-state index in [1.165, 1.54) is 0 Å². The number of hydrogen-bond acceptors (Lipinski definition) is 10. The Morgan fingerprint density at radius 2 is 0.583 bits per heavy atom. The van der Waals surface area contributed by atoms with Gasteiger partial charge in [0.05, 0.1) is 0 Å². The minimum Gasteiger partial charge on any atom is -0.507 e. The number of hydrogen-bond donors (Lipinski definition) is 2. The average Bonchev–Trinajstić information content (AvgIpc) is 3.35. The molecule has 0 amide bonds. The van der Waals surface area contributed by atoms with E-state index in [1.54, 1.807) is 24.8 Å². The lowest BCUT2D eigenvalue weighted by Crippen LogP contribution is -2.10. The van der Waals surface area contributed by atoms with Crippen molar-refractivity contribution in [2.24, 2.45) is 0 Å². The van der Waals surface area contributed by atoms with Gasteiger partial charge in [-0.25, -0.2) is 0 Å². The zero-order chi connectivity index (χ0) is 50.6. The second-order valence-corrected chi connectivity index (χ2v) is 19.7. The monoisotopic (exact) mass is 952 g/mol. The third-order valence-electron chi connectivity index (χ3n) is 12.0. The highest BCUT2D eigenvalue weighted by molar-refractivity contribution is 5.84. The van der Waals surface area contributed by atoms with E-state index in [1.807, 2.05) is 172 Å². The summed E-state index contributed by atoms with van der Waals surface area (Å²) in [4.78, 5) is 19.4. The van der Waals surface area contributed by atoms with E-state index >= 15 is 0 Å². The van der Waals surface area contributed by atoms with Crippen LogP contribution in [-0.2, 0) is 10.8 Å². The van der Waals surface area contributed by atoms with E-state index in [9.17, 15) is 10.2 Å². The molecule has 10 nitrogen and oxygen atoms in total. The SMILES string of the molecule is Cc1cc2cnc3ccccc3oc3ccc(C(C)(C)C)cc3oc3ccccc3ncc3cc(C)cc(cnc4ccccc4oc4ccc(C(C)(C)C)cc4oc4ccccc4ncc(c1)c2O)c3O. The average molecular weight is 953 g/mol. The van der Waals surface area contributed by atoms with Gasteiger partial charge in [0.25, 0.3) is 0 Å². The van der Waals surface area contributed by atoms with E-state index < -0.39 is 0 Å². The summed E-state index contributed by atoms with van der Waals surface area (Å²) in [6.07, 6.45) is 6.48. The Labute approximate surface area is 416 Å². The summed E-state index contributed by atoms with van der Waals surface area (Å²) < 4.78 is 26.8. The number of rotatable bonds is 0. The molecule has 360 valence electrons. The van der Waals surface area contributed by atoms with Crippen LogP contribution >= 0.6 is 0 Å². The molecular weight excluding hydrogens is 897 g/mol. The lowest BCUT2D eigenvalue weighted by atomic mass is 9.87. The first-order valence-electron chi connectivity index (χ1n) is 23.8. The van der Waals surface area contributed by atoms with Crippen LogP contribution in [0.3, 0.4) is 0 Å². The molecule has 0 saturated carbocycles. The van der Waals surface area contributed by atoms with Gasteiger partial charge < -0.3 is 27.9 Å². The molecule has 0 aliphatic rings. The molecule has 0 saturated heterocycles. The second-order valence-electron chi connectivity index (χ2n) is 19.7. The largest absolute Gasteiger partial charge is 0.507 e. The number of phenolic OH excluding ortho intramolecular Hbond substituents is 2. The normalized spacial score (nSPS) is 11.4. The van der Waals surface area contributed by atoms with Gasteiger partial charge in [0.2, 0.25) is 0 Å². The molecule has 9 aromatic rings. The fourth-order valence-corrected chi connectivity index (χ4v) is 7.97. The first-order chi connectivity index (χ1) is 34.6. The third-order valence-corrected chi connectivity index (χ3v) is 12.0. The molecule has 9 rings (SSSR count). The Kier molecular flexibility index (Phi) is 13.6. The molecule has 72 heavy (non-hydrogen) atoms. The van der Waals surface area contributed by atoms with Crippen molar-refractivity contribution in [1.82, 2.24) is 19.9 Å². The van der Waals surface area contributed by atoms with Crippen molar-refractivity contribution < 1.29 is 27.9 Å². The zero-order valence-corrected chi connectivity index (χ0v) is 41.6. The lowest BCUT2D eigenvalue weighted by molar-refractivity contribution is 0.486. The Balaban J connectivity index is 1.41. The molecule has 0 spiro atoms. The number of phenols is 2. The van der Waals surface area contributed by atoms with Crippen molar-refractivity contribution in [2.75, 3.05) is 0 Å². The van der Waals surface area contributed by atoms with E-state index in [2.05, 4.69) is 41.5 Å². The van der Waals surface area contributed by atoms with Gasteiger partial charge in [0, 0.05) is 46.3 Å². The Hall–Kier alpha value is -8.76. The number of aromatic nitrogens is 4. The number of benzene rings is 8. The number of para-hydroxylation sites is 8. The first kappa shape index (κ1) is 48.3. The summed E-state index contributed by atoms with van der Waals surface area (Å²) in [6.45, 7) is 16.7. The van der Waals surface area contributed by atoms with E-state index in [0.29, 0.717) is 88.3 Å². The smallest absolute Gasteiger partial charge is 0.170 e. The highest BCUT2D eigenvalue weighted by Gasteiger charge is 2.16. The minimum absolute atomic E-state index is 0.00630. The number of aryl methyl sites for hydroxylation is 2. The number of aromatic hydroxyl groups is 2. The molecule has 1 heterocycles. The number of fused-ring (bicyclic) bond motifs is 10. The zero-order valence-electron chi connectivity index (χ0n) is 41.6. The first-order valence-corrected chi connectivity index (χ1v) is 23.8. The van der Waals surface area contributed by atoms with Gasteiger partial charge in [-0.2, -0.15) is 0 Å². The van der Waals surface area contributed by atoms with Gasteiger partial charge in [0.1, 0.15) is 33.6 Å². The van der Waals surface area contributed by atoms with Crippen LogP contribution in [0.25, 0.3) is 88.3 Å². The predicted molar refractivity (Wildman–Crippen MR) is 292 cm³/mol. The summed E-state index contributed by atoms with van der Waals surface area (Å²) in [6, 6.07) is 49.0. The molecule has 8 aromatic carbocycles. The third kappa shape index (κ3) is 11.1. The van der Waals surface area contributed by atoms with Gasteiger partial charge in [-0.15, -0.1) is 0 Å². The molecule has 0 aliphatic carbocycles. The fourth-order valence-electron chi connectivity index (χ4n) is 7.97. The molecule has 0 radical (unpaired) electrons. The molecule has 1 aromatic heterocycles. The number of nitrogens with zero attached hydrogens (tertiary/aromatic N) is 4. The molecule has 10 heteroatoms. The summed E-state index contributed by atoms with van der Waals surface area (Å²) >= 11 is 0. The highest BCUT2D eigenvalue weighted by Crippen LogP contribution is 2.31. The van der Waals surface area contributed by atoms with Crippen molar-refractivity contribution in [2.45, 2.75) is 66.2 Å². The van der Waals surface area contributed by atoms with Crippen molar-refractivity contribution in [3.05, 3.63) is 205 Å². The molecule has 0 atom stereocenters. The van der Waals surface area contributed by atoms with Gasteiger partial charge in [-0.3, -0.25) is 19.9 Å². The van der Waals surface area contributed by atoms with Crippen LogP contribution in [-0.4, -0.2) is 30.1 Å². The molecule has 0 aliphatic heterocycles. The molecule has 4 bridgehead atoms. The van der Waals surface area contributed by atoms with Crippen LogP contribution < -0.4 is 0 Å². The summed E-state index contributed by atoms with van der Waals surface area (Å²) in [5.74, 6) is 0.0126. The topological polar surface area (TPSA) is 145 Å². The van der Waals surface area contributed by atoms with Crippen molar-refractivity contribution in [3.63, 3.8) is 0 Å². The highest BCUT2D eigenvalue weighted by atomic mass is 16.4. The molecular formula is C62H56N4O6. The maximum atomic E-state index is 11.7. The maximum Gasteiger partial charge on any atom is 0.170 e. The molecule has 2 N–H and O–H groups in total. The van der Waals surface area contributed by atoms with Crippen molar-refractivity contribution in [1.29, 1.82) is 0 Å². The summed E-state index contributed by atoms with van der Waals surface area (Å²) in [5, 5.41) is 25.4. The predicted octanol–water partition coefficient (Wildman–Crippen LogP) is 16.8. The van der Waals surface area contributed by atoms with Gasteiger partial charge in [-0.1, -0.05) is 102 Å². The summed E-state index contributed by atoms with van der Waals surface area (Å²) in [7, 11) is 0. The van der Waals surface area contributed by atoms with Crippen molar-refractivity contribution >= 4 is 88.3 Å².